The Bertz CT molecular complexity index is 1300. The summed E-state index contributed by atoms with van der Waals surface area (Å²) in [6.07, 6.45) is 1.50. The highest BCUT2D eigenvalue weighted by Crippen LogP contribution is 2.33. The highest BCUT2D eigenvalue weighted by Gasteiger charge is 2.37. The van der Waals surface area contributed by atoms with Gasteiger partial charge >= 0.3 is 5.97 Å². The van der Waals surface area contributed by atoms with Crippen molar-refractivity contribution in [1.82, 2.24) is 19.8 Å². The van der Waals surface area contributed by atoms with Crippen LogP contribution in [0.25, 0.3) is 10.9 Å². The van der Waals surface area contributed by atoms with Gasteiger partial charge in [0.2, 0.25) is 0 Å². The SMILES string of the molecule is COC(=O)C1SCCN1C(=O)c1csc(C2CCN(C(=O)c3cc(OC)c4ccccc4n3)CC2)n1. The molecule has 1 atom stereocenters. The molecular formula is C25H26N4O5S2. The highest BCUT2D eigenvalue weighted by molar-refractivity contribution is 8.00. The number of carbonyl (C=O) groups excluding carboxylic acids is 3. The molecule has 4 heterocycles. The number of aromatic nitrogens is 2. The topological polar surface area (TPSA) is 102 Å². The van der Waals surface area contributed by atoms with Crippen LogP contribution < -0.4 is 4.74 Å². The Morgan fingerprint density at radius 3 is 2.53 bits per heavy atom. The van der Waals surface area contributed by atoms with E-state index in [1.165, 1.54) is 35.1 Å². The number of hydrogen-bond donors (Lipinski definition) is 0. The van der Waals surface area contributed by atoms with Gasteiger partial charge in [-0.05, 0) is 25.0 Å². The fourth-order valence-electron chi connectivity index (χ4n) is 4.61. The summed E-state index contributed by atoms with van der Waals surface area (Å²) in [5.74, 6) is 0.702. The first-order valence-electron chi connectivity index (χ1n) is 11.7. The number of para-hydroxylation sites is 1. The Balaban J connectivity index is 1.24. The summed E-state index contributed by atoms with van der Waals surface area (Å²) < 4.78 is 10.3. The van der Waals surface area contributed by atoms with Crippen LogP contribution in [0, 0.1) is 0 Å². The first kappa shape index (κ1) is 24.5. The molecule has 3 aromatic rings. The third-order valence-electron chi connectivity index (χ3n) is 6.54. The van der Waals surface area contributed by atoms with Crippen molar-refractivity contribution in [1.29, 1.82) is 0 Å². The predicted octanol–water partition coefficient (Wildman–Crippen LogP) is 3.41. The van der Waals surface area contributed by atoms with Gasteiger partial charge in [-0.15, -0.1) is 23.1 Å². The largest absolute Gasteiger partial charge is 0.496 e. The molecule has 9 nitrogen and oxygen atoms in total. The molecule has 2 fully saturated rings. The van der Waals surface area contributed by atoms with Crippen LogP contribution in [0.15, 0.2) is 35.7 Å². The summed E-state index contributed by atoms with van der Waals surface area (Å²) in [5.41, 5.74) is 1.45. The molecule has 2 aromatic heterocycles. The van der Waals surface area contributed by atoms with Gasteiger partial charge in [-0.25, -0.2) is 14.8 Å². The van der Waals surface area contributed by atoms with E-state index in [2.05, 4.69) is 9.97 Å². The van der Waals surface area contributed by atoms with Gasteiger partial charge in [0, 0.05) is 48.1 Å². The van der Waals surface area contributed by atoms with Crippen LogP contribution in [0.4, 0.5) is 0 Å². The molecule has 0 aliphatic carbocycles. The number of carbonyl (C=O) groups is 3. The molecule has 1 aromatic carbocycles. The molecule has 188 valence electrons. The average Bonchev–Trinajstić information content (AvgIpc) is 3.62. The van der Waals surface area contributed by atoms with E-state index in [-0.39, 0.29) is 17.7 Å². The highest BCUT2D eigenvalue weighted by atomic mass is 32.2. The van der Waals surface area contributed by atoms with E-state index in [0.29, 0.717) is 42.5 Å². The van der Waals surface area contributed by atoms with Gasteiger partial charge in [0.15, 0.2) is 5.37 Å². The Kier molecular flexibility index (Phi) is 7.10. The molecule has 1 unspecified atom stereocenters. The zero-order chi connectivity index (χ0) is 25.2. The Morgan fingerprint density at radius 1 is 1.00 bits per heavy atom. The smallest absolute Gasteiger partial charge is 0.339 e. The zero-order valence-corrected chi connectivity index (χ0v) is 21.6. The third kappa shape index (κ3) is 4.64. The summed E-state index contributed by atoms with van der Waals surface area (Å²) in [6.45, 7) is 1.65. The second kappa shape index (κ2) is 10.4. The fraction of sp³-hybridized carbons (Fsp3) is 0.400. The molecule has 2 amide bonds. The lowest BCUT2D eigenvalue weighted by Crippen LogP contribution is -2.40. The van der Waals surface area contributed by atoms with E-state index in [9.17, 15) is 14.4 Å². The maximum atomic E-state index is 13.2. The number of thioether (sulfide) groups is 1. The molecule has 0 N–H and O–H groups in total. The van der Waals surface area contributed by atoms with Crippen molar-refractivity contribution in [3.8, 4) is 5.75 Å². The minimum atomic E-state index is -0.621. The number of hydrogen-bond acceptors (Lipinski definition) is 9. The van der Waals surface area contributed by atoms with Crippen molar-refractivity contribution in [2.45, 2.75) is 24.1 Å². The van der Waals surface area contributed by atoms with Gasteiger partial charge in [-0.3, -0.25) is 9.59 Å². The van der Waals surface area contributed by atoms with Crippen molar-refractivity contribution in [2.24, 2.45) is 0 Å². The monoisotopic (exact) mass is 526 g/mol. The van der Waals surface area contributed by atoms with Crippen molar-refractivity contribution in [3.63, 3.8) is 0 Å². The Hall–Kier alpha value is -3.18. The summed E-state index contributed by atoms with van der Waals surface area (Å²) in [4.78, 5) is 50.7. The molecule has 36 heavy (non-hydrogen) atoms. The summed E-state index contributed by atoms with van der Waals surface area (Å²) in [6, 6.07) is 9.30. The van der Waals surface area contributed by atoms with Crippen molar-refractivity contribution in [3.05, 3.63) is 52.1 Å². The number of piperidine rings is 1. The summed E-state index contributed by atoms with van der Waals surface area (Å²) >= 11 is 2.86. The quantitative estimate of drug-likeness (QED) is 0.466. The fourth-order valence-corrected chi connectivity index (χ4v) is 6.71. The summed E-state index contributed by atoms with van der Waals surface area (Å²) in [7, 11) is 2.92. The van der Waals surface area contributed by atoms with E-state index in [1.54, 1.807) is 18.6 Å². The van der Waals surface area contributed by atoms with E-state index in [1.807, 2.05) is 29.2 Å². The lowest BCUT2D eigenvalue weighted by atomic mass is 9.97. The molecule has 0 bridgehead atoms. The van der Waals surface area contributed by atoms with Gasteiger partial charge in [-0.1, -0.05) is 12.1 Å². The number of benzene rings is 1. The van der Waals surface area contributed by atoms with Crippen LogP contribution in [-0.2, 0) is 9.53 Å². The molecule has 2 saturated heterocycles. The average molecular weight is 527 g/mol. The molecule has 0 spiro atoms. The Labute approximate surface area is 216 Å². The van der Waals surface area contributed by atoms with Gasteiger partial charge in [0.05, 0.1) is 24.7 Å². The second-order valence-corrected chi connectivity index (χ2v) is 10.7. The van der Waals surface area contributed by atoms with Crippen LogP contribution >= 0.6 is 23.1 Å². The van der Waals surface area contributed by atoms with Crippen LogP contribution in [0.5, 0.6) is 5.75 Å². The van der Waals surface area contributed by atoms with Gasteiger partial charge in [0.25, 0.3) is 11.8 Å². The summed E-state index contributed by atoms with van der Waals surface area (Å²) in [5, 5.41) is 2.90. The van der Waals surface area contributed by atoms with Crippen LogP contribution in [0.3, 0.4) is 0 Å². The number of pyridine rings is 1. The number of thiazole rings is 1. The lowest BCUT2D eigenvalue weighted by molar-refractivity contribution is -0.142. The van der Waals surface area contributed by atoms with E-state index < -0.39 is 11.3 Å². The number of fused-ring (bicyclic) bond motifs is 1. The maximum Gasteiger partial charge on any atom is 0.339 e. The molecule has 0 radical (unpaired) electrons. The van der Waals surface area contributed by atoms with E-state index in [4.69, 9.17) is 9.47 Å². The minimum Gasteiger partial charge on any atom is -0.496 e. The predicted molar refractivity (Wildman–Crippen MR) is 138 cm³/mol. The Morgan fingerprint density at radius 2 is 1.78 bits per heavy atom. The van der Waals surface area contributed by atoms with Gasteiger partial charge in [-0.2, -0.15) is 0 Å². The molecule has 11 heteroatoms. The maximum absolute atomic E-state index is 13.2. The second-order valence-electron chi connectivity index (χ2n) is 8.61. The first-order valence-corrected chi connectivity index (χ1v) is 13.6. The normalized spacial score (nSPS) is 18.4. The number of amides is 2. The molecular weight excluding hydrogens is 500 g/mol. The zero-order valence-electron chi connectivity index (χ0n) is 20.0. The number of rotatable bonds is 5. The van der Waals surface area contributed by atoms with Crippen LogP contribution in [0.2, 0.25) is 0 Å². The molecule has 0 saturated carbocycles. The van der Waals surface area contributed by atoms with Crippen molar-refractivity contribution in [2.75, 3.05) is 39.6 Å². The standard InChI is InChI=1S/C25H26N4O5S2/c1-33-20-13-18(26-17-6-4-3-5-16(17)20)22(30)28-9-7-15(8-10-28)21-27-19(14-36-21)23(31)29-11-12-35-24(29)25(32)34-2/h3-6,13-15,24H,7-12H2,1-2H3. The minimum absolute atomic E-state index is 0.118. The molecule has 5 rings (SSSR count). The van der Waals surface area contributed by atoms with Crippen molar-refractivity contribution >= 4 is 51.8 Å². The van der Waals surface area contributed by atoms with Crippen molar-refractivity contribution < 1.29 is 23.9 Å². The lowest BCUT2D eigenvalue weighted by Gasteiger charge is -2.31. The molecule has 2 aliphatic rings. The van der Waals surface area contributed by atoms with E-state index in [0.717, 1.165) is 28.8 Å². The number of likely N-dealkylation sites (tertiary alicyclic amines) is 1. The molecule has 2 aliphatic heterocycles. The van der Waals surface area contributed by atoms with Gasteiger partial charge in [0.1, 0.15) is 17.1 Å². The van der Waals surface area contributed by atoms with E-state index >= 15 is 0 Å². The third-order valence-corrected chi connectivity index (χ3v) is 8.73. The van der Waals surface area contributed by atoms with Gasteiger partial charge < -0.3 is 19.3 Å². The number of esters is 1. The van der Waals surface area contributed by atoms with Crippen LogP contribution in [-0.4, -0.2) is 82.5 Å². The van der Waals surface area contributed by atoms with Crippen LogP contribution in [0.1, 0.15) is 44.7 Å². The number of methoxy groups -OCH3 is 2. The number of ether oxygens (including phenoxy) is 2. The number of nitrogens with zero attached hydrogens (tertiary/aromatic N) is 4. The first-order chi connectivity index (χ1) is 17.5.